The van der Waals surface area contributed by atoms with E-state index in [0.717, 1.165) is 35.7 Å². The Labute approximate surface area is 150 Å². The average molecular weight is 350 g/mol. The Balaban J connectivity index is 1.60. The highest BCUT2D eigenvalue weighted by Gasteiger charge is 2.58. The molecule has 0 aromatic heterocycles. The molecule has 0 N–H and O–H groups in total. The molecule has 2 amide bonds. The van der Waals surface area contributed by atoms with Crippen molar-refractivity contribution in [2.75, 3.05) is 16.3 Å². The van der Waals surface area contributed by atoms with Gasteiger partial charge in [0.05, 0.1) is 5.69 Å². The van der Waals surface area contributed by atoms with Crippen molar-refractivity contribution in [3.63, 3.8) is 0 Å². The number of nitrogens with zero attached hydrogens (tertiary/aromatic N) is 2. The zero-order valence-electron chi connectivity index (χ0n) is 13.8. The number of anilines is 2. The first-order chi connectivity index (χ1) is 12.2. The van der Waals surface area contributed by atoms with Crippen LogP contribution in [0.3, 0.4) is 0 Å². The van der Waals surface area contributed by atoms with Crippen molar-refractivity contribution in [1.29, 1.82) is 0 Å². The third-order valence-electron chi connectivity index (χ3n) is 5.36. The first kappa shape index (κ1) is 15.0. The van der Waals surface area contributed by atoms with Crippen molar-refractivity contribution in [2.45, 2.75) is 35.4 Å². The number of hydrogen-bond acceptors (Lipinski definition) is 3. The van der Waals surface area contributed by atoms with Gasteiger partial charge in [-0.1, -0.05) is 42.1 Å². The zero-order valence-corrected chi connectivity index (χ0v) is 14.6. The van der Waals surface area contributed by atoms with Crippen LogP contribution in [0.2, 0.25) is 0 Å². The lowest BCUT2D eigenvalue weighted by molar-refractivity contribution is -0.122. The Kier molecular flexibility index (Phi) is 3.22. The molecule has 0 aliphatic carbocycles. The summed E-state index contributed by atoms with van der Waals surface area (Å²) in [5, 5.41) is 0. The van der Waals surface area contributed by atoms with E-state index in [1.807, 2.05) is 47.4 Å². The predicted octanol–water partition coefficient (Wildman–Crippen LogP) is 3.59. The molecule has 0 radical (unpaired) electrons. The van der Waals surface area contributed by atoms with Gasteiger partial charge < -0.3 is 4.90 Å². The van der Waals surface area contributed by atoms with Crippen LogP contribution in [-0.2, 0) is 16.0 Å². The van der Waals surface area contributed by atoms with Gasteiger partial charge in [0.1, 0.15) is 0 Å². The van der Waals surface area contributed by atoms with Crippen LogP contribution in [0.4, 0.5) is 11.4 Å². The molecule has 5 rings (SSSR count). The van der Waals surface area contributed by atoms with E-state index in [9.17, 15) is 9.59 Å². The van der Waals surface area contributed by atoms with E-state index in [4.69, 9.17) is 0 Å². The number of benzene rings is 2. The summed E-state index contributed by atoms with van der Waals surface area (Å²) < 4.78 is 0. The third-order valence-corrected chi connectivity index (χ3v) is 6.83. The Bertz CT molecular complexity index is 897. The summed E-state index contributed by atoms with van der Waals surface area (Å²) in [4.78, 5) is 30.2. The van der Waals surface area contributed by atoms with Crippen molar-refractivity contribution in [3.05, 3.63) is 54.1 Å². The summed E-state index contributed by atoms with van der Waals surface area (Å²) in [6.07, 6.45) is 2.97. The fourth-order valence-electron chi connectivity index (χ4n) is 4.24. The molecule has 1 saturated heterocycles. The van der Waals surface area contributed by atoms with E-state index in [1.165, 1.54) is 5.56 Å². The van der Waals surface area contributed by atoms with E-state index >= 15 is 0 Å². The second kappa shape index (κ2) is 5.36. The maximum atomic E-state index is 13.7. The van der Waals surface area contributed by atoms with Gasteiger partial charge in [0.2, 0.25) is 5.91 Å². The Hall–Kier alpha value is -2.27. The Morgan fingerprint density at radius 1 is 1.00 bits per heavy atom. The highest BCUT2D eigenvalue weighted by molar-refractivity contribution is 8.02. The predicted molar refractivity (Wildman–Crippen MR) is 98.9 cm³/mol. The van der Waals surface area contributed by atoms with E-state index in [2.05, 4.69) is 6.07 Å². The zero-order chi connectivity index (χ0) is 17.0. The average Bonchev–Trinajstić information content (AvgIpc) is 3.16. The lowest BCUT2D eigenvalue weighted by Crippen LogP contribution is -2.55. The number of rotatable bonds is 1. The molecule has 1 atom stereocenters. The smallest absolute Gasteiger partial charge is 0.264 e. The Morgan fingerprint density at radius 3 is 2.64 bits per heavy atom. The van der Waals surface area contributed by atoms with Crippen molar-refractivity contribution in [3.8, 4) is 0 Å². The first-order valence-corrected chi connectivity index (χ1v) is 9.53. The van der Waals surface area contributed by atoms with Gasteiger partial charge in [0.25, 0.3) is 5.91 Å². The van der Waals surface area contributed by atoms with Gasteiger partial charge >= 0.3 is 0 Å². The van der Waals surface area contributed by atoms with Crippen molar-refractivity contribution in [1.82, 2.24) is 0 Å². The van der Waals surface area contributed by atoms with E-state index in [1.54, 1.807) is 16.7 Å². The minimum Gasteiger partial charge on any atom is -0.309 e. The van der Waals surface area contributed by atoms with Gasteiger partial charge in [-0.15, -0.1) is 0 Å². The van der Waals surface area contributed by atoms with Crippen molar-refractivity contribution in [2.24, 2.45) is 0 Å². The second-order valence-electron chi connectivity index (χ2n) is 6.77. The number of para-hydroxylation sites is 2. The van der Waals surface area contributed by atoms with Gasteiger partial charge in [-0.2, -0.15) is 0 Å². The summed E-state index contributed by atoms with van der Waals surface area (Å²) in [6, 6.07) is 16.0. The van der Waals surface area contributed by atoms with Crippen LogP contribution in [-0.4, -0.2) is 23.2 Å². The van der Waals surface area contributed by atoms with E-state index in [0.29, 0.717) is 12.8 Å². The summed E-state index contributed by atoms with van der Waals surface area (Å²) in [5.74, 6) is 0.0998. The molecule has 1 fully saturated rings. The highest BCUT2D eigenvalue weighted by Crippen LogP contribution is 2.56. The molecular formula is C20H18N2O2S. The van der Waals surface area contributed by atoms with Gasteiger partial charge in [-0.05, 0) is 43.0 Å². The molecule has 3 heterocycles. The van der Waals surface area contributed by atoms with Gasteiger partial charge in [0.15, 0.2) is 4.87 Å². The molecule has 0 bridgehead atoms. The van der Waals surface area contributed by atoms with Crippen molar-refractivity contribution < 1.29 is 9.59 Å². The number of hydrogen-bond donors (Lipinski definition) is 0. The molecule has 3 aliphatic heterocycles. The quantitative estimate of drug-likeness (QED) is 0.789. The summed E-state index contributed by atoms with van der Waals surface area (Å²) in [6.45, 7) is 0.719. The monoisotopic (exact) mass is 350 g/mol. The fraction of sp³-hybridized carbons (Fsp3) is 0.300. The summed E-state index contributed by atoms with van der Waals surface area (Å²) >= 11 is 1.55. The molecule has 3 aliphatic rings. The molecule has 126 valence electrons. The molecule has 2 aromatic rings. The molecular weight excluding hydrogens is 332 g/mol. The van der Waals surface area contributed by atoms with Crippen LogP contribution in [0, 0.1) is 0 Å². The highest BCUT2D eigenvalue weighted by atomic mass is 32.2. The van der Waals surface area contributed by atoms with Crippen LogP contribution >= 0.6 is 11.8 Å². The topological polar surface area (TPSA) is 40.6 Å². The van der Waals surface area contributed by atoms with Gasteiger partial charge in [0, 0.05) is 23.5 Å². The third kappa shape index (κ3) is 2.02. The Morgan fingerprint density at radius 2 is 1.76 bits per heavy atom. The van der Waals surface area contributed by atoms with Crippen LogP contribution in [0.25, 0.3) is 0 Å². The molecule has 5 heteroatoms. The molecule has 2 aromatic carbocycles. The van der Waals surface area contributed by atoms with Gasteiger partial charge in [-0.25, -0.2) is 0 Å². The van der Waals surface area contributed by atoms with Crippen LogP contribution in [0.1, 0.15) is 24.8 Å². The fourth-order valence-corrected chi connectivity index (χ4v) is 5.71. The number of aryl methyl sites for hydroxylation is 1. The normalized spacial score (nSPS) is 24.1. The number of carbonyl (C=O) groups excluding carboxylic acids is 2. The molecule has 25 heavy (non-hydrogen) atoms. The standard InChI is InChI=1S/C20H18N2O2S/c23-18-11-12-20(22(18)16-9-3-4-10-17(16)25-20)19(24)21-13-5-7-14-6-1-2-8-15(14)21/h1-4,6,8-10H,5,7,11-13H2/t20-/m0/s1. The number of amides is 2. The number of carbonyl (C=O) groups is 2. The largest absolute Gasteiger partial charge is 0.309 e. The van der Waals surface area contributed by atoms with Crippen LogP contribution in [0.5, 0.6) is 0 Å². The molecule has 0 spiro atoms. The SMILES string of the molecule is O=C1CC[C@@]2(C(=O)N3CCCc4ccccc43)Sc3ccccc3N12. The maximum absolute atomic E-state index is 13.7. The van der Waals surface area contributed by atoms with Gasteiger partial charge in [-0.3, -0.25) is 14.5 Å². The second-order valence-corrected chi connectivity index (χ2v) is 8.09. The lowest BCUT2D eigenvalue weighted by Gasteiger charge is -2.37. The summed E-state index contributed by atoms with van der Waals surface area (Å²) in [5.41, 5.74) is 3.10. The van der Waals surface area contributed by atoms with Crippen LogP contribution in [0.15, 0.2) is 53.4 Å². The van der Waals surface area contributed by atoms with Crippen molar-refractivity contribution >= 4 is 35.0 Å². The lowest BCUT2D eigenvalue weighted by atomic mass is 10.0. The van der Waals surface area contributed by atoms with E-state index in [-0.39, 0.29) is 11.8 Å². The first-order valence-electron chi connectivity index (χ1n) is 8.72. The number of fused-ring (bicyclic) bond motifs is 4. The minimum atomic E-state index is -0.814. The minimum absolute atomic E-state index is 0.0479. The molecule has 0 saturated carbocycles. The molecule has 4 nitrogen and oxygen atoms in total. The van der Waals surface area contributed by atoms with E-state index < -0.39 is 4.87 Å². The van der Waals surface area contributed by atoms with Crippen LogP contribution < -0.4 is 9.80 Å². The molecule has 0 unspecified atom stereocenters. The number of thioether (sulfide) groups is 1. The summed E-state index contributed by atoms with van der Waals surface area (Å²) in [7, 11) is 0. The maximum Gasteiger partial charge on any atom is 0.264 e.